The molecular weight excluding hydrogens is 579 g/mol. The largest absolute Gasteiger partial charge is 0.449 e. The second-order valence-corrected chi connectivity index (χ2v) is 12.5. The van der Waals surface area contributed by atoms with Gasteiger partial charge in [-0.3, -0.25) is 0 Å². The zero-order chi connectivity index (χ0) is 33.8. The Hall–Kier alpha value is -2.78. The van der Waals surface area contributed by atoms with Crippen LogP contribution >= 0.6 is 0 Å². The minimum atomic E-state index is -4.58. The lowest BCUT2D eigenvalue weighted by Crippen LogP contribution is -2.39. The Labute approximate surface area is 271 Å². The number of carbonyl (C=O) groups excluding carboxylic acids is 1. The van der Waals surface area contributed by atoms with Crippen molar-refractivity contribution in [1.29, 1.82) is 0 Å². The molecule has 2 rings (SSSR count). The van der Waals surface area contributed by atoms with Gasteiger partial charge < -0.3 is 20.3 Å². The van der Waals surface area contributed by atoms with Gasteiger partial charge in [0.15, 0.2) is 11.8 Å². The molecule has 1 fully saturated rings. The van der Waals surface area contributed by atoms with Crippen LogP contribution in [-0.4, -0.2) is 72.1 Å². The predicted octanol–water partition coefficient (Wildman–Crippen LogP) is 8.73. The molecule has 2 heterocycles. The van der Waals surface area contributed by atoms with Crippen molar-refractivity contribution in [3.8, 4) is 0 Å². The number of allylic oxidation sites excluding steroid dienone is 3. The van der Waals surface area contributed by atoms with Crippen LogP contribution in [0.3, 0.4) is 0 Å². The Morgan fingerprint density at radius 1 is 1.13 bits per heavy atom. The van der Waals surface area contributed by atoms with E-state index < -0.39 is 11.7 Å². The van der Waals surface area contributed by atoms with Crippen LogP contribution in [0.1, 0.15) is 120 Å². The number of carbonyl (C=O) groups is 1. The Morgan fingerprint density at radius 2 is 1.84 bits per heavy atom. The normalized spacial score (nSPS) is 17.5. The van der Waals surface area contributed by atoms with E-state index in [0.717, 1.165) is 75.0 Å². The molecule has 1 unspecified atom stereocenters. The fraction of sp³-hybridized carbons (Fsp3) is 0.743. The lowest BCUT2D eigenvalue weighted by molar-refractivity contribution is -0.569. The lowest BCUT2D eigenvalue weighted by Gasteiger charge is -2.26. The number of rotatable bonds is 16. The molecule has 7 nitrogen and oxygen atoms in total. The van der Waals surface area contributed by atoms with Gasteiger partial charge in [-0.2, -0.15) is 13.2 Å². The van der Waals surface area contributed by atoms with Gasteiger partial charge in [-0.25, -0.2) is 14.4 Å². The summed E-state index contributed by atoms with van der Waals surface area (Å²) in [6.07, 6.45) is 8.74. The van der Waals surface area contributed by atoms with Crippen molar-refractivity contribution in [3.63, 3.8) is 0 Å². The quantitative estimate of drug-likeness (QED) is 0.0582. The SMILES string of the molecule is CC(C)C.CCC/C=C(NCCCN1CCCOC1=O)/C(=C\N=C(C)NC1=CCC[N+](C(CCC)CCCC)=C1C)C(F)(F)F. The van der Waals surface area contributed by atoms with Gasteiger partial charge in [0.1, 0.15) is 18.1 Å². The molecule has 258 valence electrons. The van der Waals surface area contributed by atoms with Crippen LogP contribution in [0.15, 0.2) is 40.3 Å². The number of amidine groups is 1. The first kappa shape index (κ1) is 40.2. The average Bonchev–Trinajstić information content (AvgIpc) is 2.97. The highest BCUT2D eigenvalue weighted by Crippen LogP contribution is 2.31. The van der Waals surface area contributed by atoms with Crippen LogP contribution in [0, 0.1) is 5.92 Å². The summed E-state index contributed by atoms with van der Waals surface area (Å²) in [7, 11) is 0. The molecule has 0 saturated carbocycles. The van der Waals surface area contributed by atoms with E-state index in [1.165, 1.54) is 6.42 Å². The predicted molar refractivity (Wildman–Crippen MR) is 181 cm³/mol. The van der Waals surface area contributed by atoms with Gasteiger partial charge in [0, 0.05) is 57.7 Å². The standard InChI is InChI=1S/C31H51F3N5O2.C4H10/c1-6-9-15-26(14-8-3)39-21-11-17-28(24(39)4)37-25(5)36-23-27(31(32,33)34)29(16-10-7-2)35-18-12-19-38-20-13-22-41-30(38)40;1-4(2)3/h16-17,23,26,35H,6-15,18-22H2,1-5H3,(H,36,37);4H,1-3H3/q+1;/b27-23+,29-16-;. The molecule has 0 radical (unpaired) electrons. The van der Waals surface area contributed by atoms with Crippen LogP contribution in [-0.2, 0) is 4.74 Å². The van der Waals surface area contributed by atoms with Crippen LogP contribution in [0.4, 0.5) is 18.0 Å². The molecular formula is C35H61F3N5O2+. The summed E-state index contributed by atoms with van der Waals surface area (Å²) in [5, 5.41) is 6.22. The molecule has 2 aliphatic rings. The molecule has 45 heavy (non-hydrogen) atoms. The first-order valence-corrected chi connectivity index (χ1v) is 17.1. The van der Waals surface area contributed by atoms with Gasteiger partial charge in [0.2, 0.25) is 0 Å². The van der Waals surface area contributed by atoms with E-state index in [0.29, 0.717) is 51.0 Å². The second-order valence-electron chi connectivity index (χ2n) is 12.5. The van der Waals surface area contributed by atoms with Crippen LogP contribution in [0.2, 0.25) is 0 Å². The van der Waals surface area contributed by atoms with Crippen molar-refractivity contribution in [3.05, 3.63) is 35.3 Å². The van der Waals surface area contributed by atoms with Crippen LogP contribution in [0.5, 0.6) is 0 Å². The van der Waals surface area contributed by atoms with Crippen LogP contribution < -0.4 is 10.6 Å². The molecule has 10 heteroatoms. The number of nitrogens with zero attached hydrogens (tertiary/aromatic N) is 3. The Morgan fingerprint density at radius 3 is 2.44 bits per heavy atom. The van der Waals surface area contributed by atoms with Gasteiger partial charge in [0.25, 0.3) is 0 Å². The molecule has 0 bridgehead atoms. The van der Waals surface area contributed by atoms with E-state index in [4.69, 9.17) is 4.74 Å². The van der Waals surface area contributed by atoms with E-state index in [1.54, 1.807) is 17.9 Å². The zero-order valence-electron chi connectivity index (χ0n) is 29.3. The molecule has 2 N–H and O–H groups in total. The summed E-state index contributed by atoms with van der Waals surface area (Å²) in [4.78, 5) is 17.6. The first-order valence-electron chi connectivity index (χ1n) is 17.1. The van der Waals surface area contributed by atoms with E-state index in [9.17, 15) is 18.0 Å². The van der Waals surface area contributed by atoms with Gasteiger partial charge in [-0.15, -0.1) is 0 Å². The number of aliphatic imine (C=N–C) groups is 1. The topological polar surface area (TPSA) is 69.0 Å². The third-order valence-corrected chi connectivity index (χ3v) is 7.40. The van der Waals surface area contributed by atoms with Crippen molar-refractivity contribution in [1.82, 2.24) is 15.5 Å². The maximum atomic E-state index is 14.2. The lowest BCUT2D eigenvalue weighted by atomic mass is 10.0. The molecule has 0 aromatic heterocycles. The fourth-order valence-electron chi connectivity index (χ4n) is 5.19. The molecule has 1 saturated heterocycles. The number of nitrogens with one attached hydrogen (secondary N) is 2. The Bertz CT molecular complexity index is 1040. The number of alkyl halides is 3. The number of hydrogen-bond donors (Lipinski definition) is 2. The van der Waals surface area contributed by atoms with Gasteiger partial charge >= 0.3 is 12.3 Å². The first-order chi connectivity index (χ1) is 21.3. The molecule has 1 atom stereocenters. The summed E-state index contributed by atoms with van der Waals surface area (Å²) in [5.41, 5.74) is 1.23. The van der Waals surface area contributed by atoms with Crippen molar-refractivity contribution in [2.75, 3.05) is 32.8 Å². The number of cyclic esters (lactones) is 1. The molecule has 0 spiro atoms. The Balaban J connectivity index is 0.00000238. The van der Waals surface area contributed by atoms with Crippen molar-refractivity contribution < 1.29 is 27.3 Å². The maximum Gasteiger partial charge on any atom is 0.419 e. The fourth-order valence-corrected chi connectivity index (χ4v) is 5.19. The number of ether oxygens (including phenoxy) is 1. The van der Waals surface area contributed by atoms with E-state index >= 15 is 0 Å². The molecule has 0 aromatic carbocycles. The Kier molecular flexibility index (Phi) is 19.6. The molecule has 0 aliphatic carbocycles. The van der Waals surface area contributed by atoms with E-state index in [-0.39, 0.29) is 11.8 Å². The smallest absolute Gasteiger partial charge is 0.419 e. The van der Waals surface area contributed by atoms with Crippen molar-refractivity contribution in [2.24, 2.45) is 10.9 Å². The average molecular weight is 641 g/mol. The van der Waals surface area contributed by atoms with Crippen molar-refractivity contribution >= 4 is 17.6 Å². The van der Waals surface area contributed by atoms with E-state index in [1.807, 2.05) is 6.92 Å². The molecule has 2 aliphatic heterocycles. The minimum Gasteiger partial charge on any atom is -0.449 e. The van der Waals surface area contributed by atoms with Crippen LogP contribution in [0.25, 0.3) is 0 Å². The highest BCUT2D eigenvalue weighted by Gasteiger charge is 2.36. The highest BCUT2D eigenvalue weighted by molar-refractivity contribution is 5.99. The summed E-state index contributed by atoms with van der Waals surface area (Å²) in [6.45, 7) is 19.3. The maximum absolute atomic E-state index is 14.2. The van der Waals surface area contributed by atoms with Gasteiger partial charge in [0.05, 0.1) is 12.2 Å². The summed E-state index contributed by atoms with van der Waals surface area (Å²) in [5.74, 6) is 1.23. The highest BCUT2D eigenvalue weighted by atomic mass is 19.4. The third kappa shape index (κ3) is 15.9. The molecule has 0 aromatic rings. The summed E-state index contributed by atoms with van der Waals surface area (Å²) in [6, 6.07) is 0.470. The molecule has 1 amide bonds. The van der Waals surface area contributed by atoms with Gasteiger partial charge in [-0.05, 0) is 51.0 Å². The van der Waals surface area contributed by atoms with Gasteiger partial charge in [-0.1, -0.05) is 60.5 Å². The monoisotopic (exact) mass is 640 g/mol. The number of unbranched alkanes of at least 4 members (excludes halogenated alkanes) is 2. The summed E-state index contributed by atoms with van der Waals surface area (Å²) < 4.78 is 50.1. The van der Waals surface area contributed by atoms with E-state index in [2.05, 4.69) is 67.8 Å². The third-order valence-electron chi connectivity index (χ3n) is 7.40. The zero-order valence-corrected chi connectivity index (χ0v) is 29.3. The second kappa shape index (κ2) is 21.9. The van der Waals surface area contributed by atoms with Crippen molar-refractivity contribution in [2.45, 2.75) is 132 Å². The number of hydrogen-bond acceptors (Lipinski definition) is 4. The number of halogens is 3. The summed E-state index contributed by atoms with van der Waals surface area (Å²) >= 11 is 0. The number of amides is 1. The minimum absolute atomic E-state index is 0.0150.